The predicted molar refractivity (Wildman–Crippen MR) is 96.9 cm³/mol. The van der Waals surface area contributed by atoms with Crippen molar-refractivity contribution in [1.82, 2.24) is 4.90 Å². The standard InChI is InChI=1S/C19H22N2O3S/c20-17-8-5-11-21(13-17)19(22)16-7-4-6-15(12-16)14-25(23,24)18-9-2-1-3-10-18/h1-4,6-7,9-10,12,17H,5,8,11,13-14,20H2/t17-/m1/s1. The normalized spacial score (nSPS) is 18.1. The molecule has 1 heterocycles. The molecule has 0 bridgehead atoms. The molecule has 1 atom stereocenters. The van der Waals surface area contributed by atoms with E-state index in [9.17, 15) is 13.2 Å². The van der Waals surface area contributed by atoms with Crippen molar-refractivity contribution in [2.24, 2.45) is 5.73 Å². The van der Waals surface area contributed by atoms with E-state index < -0.39 is 9.84 Å². The van der Waals surface area contributed by atoms with Crippen LogP contribution in [-0.4, -0.2) is 38.4 Å². The van der Waals surface area contributed by atoms with Gasteiger partial charge < -0.3 is 10.6 Å². The second kappa shape index (κ2) is 7.37. The van der Waals surface area contributed by atoms with Crippen LogP contribution in [0.2, 0.25) is 0 Å². The molecule has 132 valence electrons. The number of hydrogen-bond acceptors (Lipinski definition) is 4. The van der Waals surface area contributed by atoms with Gasteiger partial charge in [0.05, 0.1) is 10.6 Å². The topological polar surface area (TPSA) is 80.5 Å². The van der Waals surface area contributed by atoms with Crippen molar-refractivity contribution in [3.8, 4) is 0 Å². The van der Waals surface area contributed by atoms with Crippen LogP contribution in [0.4, 0.5) is 0 Å². The van der Waals surface area contributed by atoms with Crippen LogP contribution in [0.1, 0.15) is 28.8 Å². The molecule has 25 heavy (non-hydrogen) atoms. The van der Waals surface area contributed by atoms with Crippen molar-refractivity contribution in [3.63, 3.8) is 0 Å². The lowest BCUT2D eigenvalue weighted by molar-refractivity contribution is 0.0708. The number of rotatable bonds is 4. The first-order valence-corrected chi connectivity index (χ1v) is 10.0. The lowest BCUT2D eigenvalue weighted by Crippen LogP contribution is -2.45. The van der Waals surface area contributed by atoms with Crippen LogP contribution in [0.3, 0.4) is 0 Å². The predicted octanol–water partition coefficient (Wildman–Crippen LogP) is 2.22. The van der Waals surface area contributed by atoms with E-state index in [-0.39, 0.29) is 22.6 Å². The second-order valence-corrected chi connectivity index (χ2v) is 8.42. The number of nitrogens with zero attached hydrogens (tertiary/aromatic N) is 1. The van der Waals surface area contributed by atoms with Gasteiger partial charge in [0.2, 0.25) is 0 Å². The zero-order valence-corrected chi connectivity index (χ0v) is 14.8. The molecule has 1 saturated heterocycles. The van der Waals surface area contributed by atoms with E-state index in [2.05, 4.69) is 0 Å². The second-order valence-electron chi connectivity index (χ2n) is 6.43. The number of carbonyl (C=O) groups excluding carboxylic acids is 1. The molecule has 5 nitrogen and oxygen atoms in total. The number of piperidine rings is 1. The summed E-state index contributed by atoms with van der Waals surface area (Å²) in [6.07, 6.45) is 1.83. The number of hydrogen-bond donors (Lipinski definition) is 1. The fourth-order valence-electron chi connectivity index (χ4n) is 3.10. The third kappa shape index (κ3) is 4.27. The third-order valence-electron chi connectivity index (χ3n) is 4.38. The fourth-order valence-corrected chi connectivity index (χ4v) is 4.46. The van der Waals surface area contributed by atoms with Crippen LogP contribution < -0.4 is 5.73 Å². The molecular weight excluding hydrogens is 336 g/mol. The Labute approximate surface area is 148 Å². The number of carbonyl (C=O) groups is 1. The highest BCUT2D eigenvalue weighted by molar-refractivity contribution is 7.90. The minimum Gasteiger partial charge on any atom is -0.337 e. The molecule has 0 spiro atoms. The minimum atomic E-state index is -3.43. The lowest BCUT2D eigenvalue weighted by Gasteiger charge is -2.30. The molecule has 0 unspecified atom stereocenters. The summed E-state index contributed by atoms with van der Waals surface area (Å²) in [5.74, 6) is -0.216. The molecule has 1 aliphatic rings. The van der Waals surface area contributed by atoms with E-state index in [1.807, 2.05) is 0 Å². The summed E-state index contributed by atoms with van der Waals surface area (Å²) in [6, 6.07) is 15.2. The highest BCUT2D eigenvalue weighted by Crippen LogP contribution is 2.18. The molecule has 6 heteroatoms. The molecule has 1 amide bonds. The number of sulfone groups is 1. The van der Waals surface area contributed by atoms with Crippen molar-refractivity contribution in [2.75, 3.05) is 13.1 Å². The number of amides is 1. The van der Waals surface area contributed by atoms with Crippen LogP contribution in [0.15, 0.2) is 59.5 Å². The third-order valence-corrected chi connectivity index (χ3v) is 6.08. The maximum Gasteiger partial charge on any atom is 0.253 e. The van der Waals surface area contributed by atoms with Gasteiger partial charge in [0, 0.05) is 24.7 Å². The Morgan fingerprint density at radius 2 is 1.88 bits per heavy atom. The first-order chi connectivity index (χ1) is 12.0. The largest absolute Gasteiger partial charge is 0.337 e. The molecule has 1 aliphatic heterocycles. The first kappa shape index (κ1) is 17.6. The monoisotopic (exact) mass is 358 g/mol. The molecule has 1 fully saturated rings. The molecule has 0 saturated carbocycles. The van der Waals surface area contributed by atoms with Gasteiger partial charge in [-0.05, 0) is 42.7 Å². The lowest BCUT2D eigenvalue weighted by atomic mass is 10.0. The smallest absolute Gasteiger partial charge is 0.253 e. The summed E-state index contributed by atoms with van der Waals surface area (Å²) in [5, 5.41) is 0. The van der Waals surface area contributed by atoms with Crippen molar-refractivity contribution < 1.29 is 13.2 Å². The Balaban J connectivity index is 1.79. The van der Waals surface area contributed by atoms with Gasteiger partial charge in [0.25, 0.3) is 5.91 Å². The summed E-state index contributed by atoms with van der Waals surface area (Å²) in [5.41, 5.74) is 7.06. The minimum absolute atomic E-state index is 0.0133. The molecule has 2 aromatic rings. The van der Waals surface area contributed by atoms with Crippen LogP contribution >= 0.6 is 0 Å². The number of benzene rings is 2. The SMILES string of the molecule is N[C@@H]1CCCN(C(=O)c2cccc(CS(=O)(=O)c3ccccc3)c2)C1. The average Bonchev–Trinajstić information content (AvgIpc) is 2.62. The number of nitrogens with two attached hydrogens (primary N) is 1. The Morgan fingerprint density at radius 1 is 1.12 bits per heavy atom. The van der Waals surface area contributed by atoms with Crippen LogP contribution in [0, 0.1) is 0 Å². The van der Waals surface area contributed by atoms with Gasteiger partial charge in [-0.3, -0.25) is 4.79 Å². The molecule has 0 aromatic heterocycles. The number of likely N-dealkylation sites (tertiary alicyclic amines) is 1. The Hall–Kier alpha value is -2.18. The first-order valence-electron chi connectivity index (χ1n) is 8.37. The van der Waals surface area contributed by atoms with Crippen molar-refractivity contribution >= 4 is 15.7 Å². The summed E-state index contributed by atoms with van der Waals surface area (Å²) in [6.45, 7) is 1.24. The van der Waals surface area contributed by atoms with Gasteiger partial charge in [0.1, 0.15) is 0 Å². The fraction of sp³-hybridized carbons (Fsp3) is 0.316. The maximum atomic E-state index is 12.7. The zero-order chi connectivity index (χ0) is 17.9. The van der Waals surface area contributed by atoms with Gasteiger partial charge in [-0.15, -0.1) is 0 Å². The van der Waals surface area contributed by atoms with Gasteiger partial charge in [-0.1, -0.05) is 30.3 Å². The Bertz CT molecular complexity index is 850. The molecule has 2 aromatic carbocycles. The van der Waals surface area contributed by atoms with Crippen molar-refractivity contribution in [2.45, 2.75) is 29.5 Å². The Morgan fingerprint density at radius 3 is 2.60 bits per heavy atom. The van der Waals surface area contributed by atoms with Gasteiger partial charge in [0.15, 0.2) is 9.84 Å². The van der Waals surface area contributed by atoms with Crippen LogP contribution in [0.5, 0.6) is 0 Å². The average molecular weight is 358 g/mol. The quantitative estimate of drug-likeness (QED) is 0.909. The van der Waals surface area contributed by atoms with Gasteiger partial charge in [-0.2, -0.15) is 0 Å². The molecule has 3 rings (SSSR count). The summed E-state index contributed by atoms with van der Waals surface area (Å²) in [7, 11) is -3.43. The van der Waals surface area contributed by atoms with Gasteiger partial charge in [-0.25, -0.2) is 8.42 Å². The Kier molecular flexibility index (Phi) is 5.20. The molecular formula is C19H22N2O3S. The van der Waals surface area contributed by atoms with E-state index >= 15 is 0 Å². The maximum absolute atomic E-state index is 12.7. The van der Waals surface area contributed by atoms with E-state index in [4.69, 9.17) is 5.73 Å². The summed E-state index contributed by atoms with van der Waals surface area (Å²) >= 11 is 0. The van der Waals surface area contributed by atoms with Gasteiger partial charge >= 0.3 is 0 Å². The summed E-state index contributed by atoms with van der Waals surface area (Å²) < 4.78 is 25.0. The molecule has 0 radical (unpaired) electrons. The molecule has 0 aliphatic carbocycles. The highest BCUT2D eigenvalue weighted by atomic mass is 32.2. The van der Waals surface area contributed by atoms with Crippen LogP contribution in [-0.2, 0) is 15.6 Å². The molecule has 2 N–H and O–H groups in total. The van der Waals surface area contributed by atoms with E-state index in [0.717, 1.165) is 12.8 Å². The van der Waals surface area contributed by atoms with Crippen LogP contribution in [0.25, 0.3) is 0 Å². The van der Waals surface area contributed by atoms with E-state index in [0.29, 0.717) is 24.2 Å². The van der Waals surface area contributed by atoms with Crippen molar-refractivity contribution in [1.29, 1.82) is 0 Å². The van der Waals surface area contributed by atoms with Crippen molar-refractivity contribution in [3.05, 3.63) is 65.7 Å². The summed E-state index contributed by atoms with van der Waals surface area (Å²) in [4.78, 5) is 14.7. The zero-order valence-electron chi connectivity index (χ0n) is 14.0. The van der Waals surface area contributed by atoms with E-state index in [1.54, 1.807) is 59.5 Å². The van der Waals surface area contributed by atoms with E-state index in [1.165, 1.54) is 0 Å². The highest BCUT2D eigenvalue weighted by Gasteiger charge is 2.23.